The predicted molar refractivity (Wildman–Crippen MR) is 85.9 cm³/mol. The summed E-state index contributed by atoms with van der Waals surface area (Å²) in [5, 5.41) is 4.69. The lowest BCUT2D eigenvalue weighted by Crippen LogP contribution is -2.34. The summed E-state index contributed by atoms with van der Waals surface area (Å²) in [6.45, 7) is 6.78. The Bertz CT molecular complexity index is 416. The normalized spacial score (nSPS) is 21.8. The summed E-state index contributed by atoms with van der Waals surface area (Å²) in [4.78, 5) is 4.81. The molecular formula is C16H24N2S. The van der Waals surface area contributed by atoms with Crippen molar-refractivity contribution < 1.29 is 0 Å². The van der Waals surface area contributed by atoms with E-state index in [2.05, 4.69) is 56.4 Å². The highest BCUT2D eigenvalue weighted by atomic mass is 32.2. The standard InChI is InChI=1S/C16H24N2S/c1-4-12(2)13(3)17-16-18-15(11-19-16)10-14-8-6-5-7-9-14/h5-9,12-13,15H,4,10-11H2,1-3H3,(H,17,18). The van der Waals surface area contributed by atoms with Crippen molar-refractivity contribution in [2.45, 2.75) is 45.7 Å². The molecular weight excluding hydrogens is 252 g/mol. The number of nitrogens with one attached hydrogen (secondary N) is 1. The van der Waals surface area contributed by atoms with E-state index < -0.39 is 0 Å². The van der Waals surface area contributed by atoms with Crippen LogP contribution in [0.5, 0.6) is 0 Å². The molecule has 0 bridgehead atoms. The van der Waals surface area contributed by atoms with Crippen molar-refractivity contribution in [3.63, 3.8) is 0 Å². The van der Waals surface area contributed by atoms with Crippen LogP contribution in [0.1, 0.15) is 32.8 Å². The van der Waals surface area contributed by atoms with E-state index in [0.717, 1.165) is 17.3 Å². The third-order valence-corrected chi connectivity index (χ3v) is 4.92. The molecule has 1 N–H and O–H groups in total. The van der Waals surface area contributed by atoms with Crippen molar-refractivity contribution in [1.29, 1.82) is 0 Å². The van der Waals surface area contributed by atoms with Crippen molar-refractivity contribution in [3.05, 3.63) is 35.9 Å². The fraction of sp³-hybridized carbons (Fsp3) is 0.562. The van der Waals surface area contributed by atoms with Gasteiger partial charge in [0, 0.05) is 11.8 Å². The first-order valence-corrected chi connectivity index (χ1v) is 8.18. The van der Waals surface area contributed by atoms with E-state index in [0.29, 0.717) is 18.0 Å². The first-order chi connectivity index (χ1) is 9.19. The van der Waals surface area contributed by atoms with Gasteiger partial charge in [-0.2, -0.15) is 0 Å². The van der Waals surface area contributed by atoms with E-state index in [1.165, 1.54) is 12.0 Å². The van der Waals surface area contributed by atoms with Crippen LogP contribution in [0.25, 0.3) is 0 Å². The predicted octanol–water partition coefficient (Wildman–Crippen LogP) is 3.72. The second-order valence-corrected chi connectivity index (χ2v) is 6.42. The maximum absolute atomic E-state index is 4.81. The van der Waals surface area contributed by atoms with Gasteiger partial charge >= 0.3 is 0 Å². The molecule has 3 heteroatoms. The molecule has 0 fully saturated rings. The maximum Gasteiger partial charge on any atom is 0.157 e. The van der Waals surface area contributed by atoms with E-state index >= 15 is 0 Å². The minimum Gasteiger partial charge on any atom is -0.362 e. The lowest BCUT2D eigenvalue weighted by Gasteiger charge is -2.20. The first-order valence-electron chi connectivity index (χ1n) is 7.20. The Hall–Kier alpha value is -0.960. The minimum absolute atomic E-state index is 0.430. The first kappa shape index (κ1) is 14.4. The number of nitrogens with zero attached hydrogens (tertiary/aromatic N) is 1. The number of aliphatic imine (C=N–C) groups is 1. The molecule has 0 saturated heterocycles. The van der Waals surface area contributed by atoms with Gasteiger partial charge in [0.15, 0.2) is 5.17 Å². The number of hydrogen-bond donors (Lipinski definition) is 1. The van der Waals surface area contributed by atoms with Gasteiger partial charge in [0.05, 0.1) is 6.04 Å². The monoisotopic (exact) mass is 276 g/mol. The summed E-state index contributed by atoms with van der Waals surface area (Å²) < 4.78 is 0. The molecule has 104 valence electrons. The smallest absolute Gasteiger partial charge is 0.157 e. The van der Waals surface area contributed by atoms with E-state index in [1.54, 1.807) is 0 Å². The summed E-state index contributed by atoms with van der Waals surface area (Å²) in [6.07, 6.45) is 2.26. The van der Waals surface area contributed by atoms with Crippen molar-refractivity contribution >= 4 is 16.9 Å². The molecule has 2 nitrogen and oxygen atoms in total. The molecule has 1 aliphatic rings. The Balaban J connectivity index is 1.87. The van der Waals surface area contributed by atoms with Gasteiger partial charge in [-0.15, -0.1) is 0 Å². The molecule has 1 aromatic carbocycles. The minimum atomic E-state index is 0.430. The van der Waals surface area contributed by atoms with Crippen LogP contribution in [-0.2, 0) is 6.42 Å². The van der Waals surface area contributed by atoms with Crippen LogP contribution < -0.4 is 5.32 Å². The molecule has 2 rings (SSSR count). The van der Waals surface area contributed by atoms with Crippen LogP contribution in [0, 0.1) is 5.92 Å². The molecule has 1 heterocycles. The summed E-state index contributed by atoms with van der Waals surface area (Å²) in [5.74, 6) is 1.79. The van der Waals surface area contributed by atoms with Crippen molar-refractivity contribution in [1.82, 2.24) is 5.32 Å². The largest absolute Gasteiger partial charge is 0.362 e. The lowest BCUT2D eigenvalue weighted by atomic mass is 10.0. The van der Waals surface area contributed by atoms with E-state index in [-0.39, 0.29) is 0 Å². The molecule has 0 amide bonds. The maximum atomic E-state index is 4.81. The van der Waals surface area contributed by atoms with Gasteiger partial charge in [-0.05, 0) is 24.8 Å². The summed E-state index contributed by atoms with van der Waals surface area (Å²) in [7, 11) is 0. The van der Waals surface area contributed by atoms with Gasteiger partial charge in [0.25, 0.3) is 0 Å². The molecule has 3 atom stereocenters. The highest BCUT2D eigenvalue weighted by Gasteiger charge is 2.20. The fourth-order valence-corrected chi connectivity index (χ4v) is 3.21. The summed E-state index contributed by atoms with van der Waals surface area (Å²) in [6, 6.07) is 11.6. The van der Waals surface area contributed by atoms with Crippen LogP contribution in [-0.4, -0.2) is 23.0 Å². The third kappa shape index (κ3) is 4.27. The van der Waals surface area contributed by atoms with E-state index in [1.807, 2.05) is 11.8 Å². The Labute approximate surface area is 121 Å². The van der Waals surface area contributed by atoms with Crippen molar-refractivity contribution in [2.75, 3.05) is 5.75 Å². The number of rotatable bonds is 5. The molecule has 1 aromatic rings. The number of benzene rings is 1. The van der Waals surface area contributed by atoms with E-state index in [4.69, 9.17) is 4.99 Å². The second-order valence-electron chi connectivity index (χ2n) is 5.41. The Morgan fingerprint density at radius 3 is 2.74 bits per heavy atom. The number of hydrogen-bond acceptors (Lipinski definition) is 3. The zero-order chi connectivity index (χ0) is 13.7. The van der Waals surface area contributed by atoms with Crippen LogP contribution in [0.15, 0.2) is 35.3 Å². The highest BCUT2D eigenvalue weighted by Crippen LogP contribution is 2.21. The molecule has 0 spiro atoms. The van der Waals surface area contributed by atoms with Crippen molar-refractivity contribution in [3.8, 4) is 0 Å². The van der Waals surface area contributed by atoms with Crippen LogP contribution in [0.3, 0.4) is 0 Å². The quantitative estimate of drug-likeness (QED) is 0.886. The zero-order valence-corrected chi connectivity index (χ0v) is 12.9. The molecule has 3 unspecified atom stereocenters. The molecule has 0 aromatic heterocycles. The van der Waals surface area contributed by atoms with Gasteiger partial charge in [-0.3, -0.25) is 4.99 Å². The summed E-state index contributed by atoms with van der Waals surface area (Å²) >= 11 is 1.86. The molecule has 0 aliphatic carbocycles. The third-order valence-electron chi connectivity index (χ3n) is 3.88. The average Bonchev–Trinajstić information content (AvgIpc) is 2.86. The summed E-state index contributed by atoms with van der Waals surface area (Å²) in [5.41, 5.74) is 1.38. The van der Waals surface area contributed by atoms with Crippen LogP contribution >= 0.6 is 11.8 Å². The Morgan fingerprint density at radius 2 is 2.05 bits per heavy atom. The number of amidine groups is 1. The molecule has 0 radical (unpaired) electrons. The van der Waals surface area contributed by atoms with Crippen molar-refractivity contribution in [2.24, 2.45) is 10.9 Å². The lowest BCUT2D eigenvalue weighted by molar-refractivity contribution is 0.439. The van der Waals surface area contributed by atoms with Gasteiger partial charge in [0.1, 0.15) is 0 Å². The van der Waals surface area contributed by atoms with Gasteiger partial charge in [-0.1, -0.05) is 62.4 Å². The Kier molecular flexibility index (Phi) is 5.32. The van der Waals surface area contributed by atoms with Crippen LogP contribution in [0.2, 0.25) is 0 Å². The average molecular weight is 276 g/mol. The van der Waals surface area contributed by atoms with Crippen LogP contribution in [0.4, 0.5) is 0 Å². The molecule has 0 saturated carbocycles. The van der Waals surface area contributed by atoms with Gasteiger partial charge in [-0.25, -0.2) is 0 Å². The SMILES string of the molecule is CCC(C)C(C)NC1=NC(Cc2ccccc2)CS1. The molecule has 19 heavy (non-hydrogen) atoms. The Morgan fingerprint density at radius 1 is 1.32 bits per heavy atom. The van der Waals surface area contributed by atoms with Gasteiger partial charge < -0.3 is 5.32 Å². The van der Waals surface area contributed by atoms with E-state index in [9.17, 15) is 0 Å². The number of thioether (sulfide) groups is 1. The highest BCUT2D eigenvalue weighted by molar-refractivity contribution is 8.14. The molecule has 1 aliphatic heterocycles. The van der Waals surface area contributed by atoms with Gasteiger partial charge in [0.2, 0.25) is 0 Å². The second kappa shape index (κ2) is 6.99. The zero-order valence-electron chi connectivity index (χ0n) is 12.1. The fourth-order valence-electron chi connectivity index (χ4n) is 2.18. The topological polar surface area (TPSA) is 24.4 Å².